The summed E-state index contributed by atoms with van der Waals surface area (Å²) in [6.07, 6.45) is 10.8. The molecule has 1 unspecified atom stereocenters. The van der Waals surface area contributed by atoms with Gasteiger partial charge in [0.15, 0.2) is 0 Å². The van der Waals surface area contributed by atoms with Crippen molar-refractivity contribution in [2.24, 2.45) is 46.3 Å². The second-order valence-electron chi connectivity index (χ2n) is 11.3. The second kappa shape index (κ2) is 7.29. The van der Waals surface area contributed by atoms with E-state index in [-0.39, 0.29) is 17.6 Å². The third-order valence-corrected chi connectivity index (χ3v) is 10.2. The van der Waals surface area contributed by atoms with Gasteiger partial charge in [0, 0.05) is 6.61 Å². The molecule has 3 nitrogen and oxygen atoms in total. The number of hydrogen-bond donors (Lipinski definition) is 3. The van der Waals surface area contributed by atoms with Crippen LogP contribution in [0, 0.1) is 46.3 Å². The number of rotatable bonds is 4. The molecule has 27 heavy (non-hydrogen) atoms. The normalized spacial score (nSPS) is 53.3. The Morgan fingerprint density at radius 3 is 2.33 bits per heavy atom. The van der Waals surface area contributed by atoms with Crippen LogP contribution in [0.4, 0.5) is 0 Å². The zero-order valence-electron chi connectivity index (χ0n) is 17.7. The quantitative estimate of drug-likeness (QED) is 0.680. The first-order valence-corrected chi connectivity index (χ1v) is 11.8. The molecule has 4 aliphatic rings. The molecule has 4 fully saturated rings. The van der Waals surface area contributed by atoms with Crippen LogP contribution in [-0.2, 0) is 0 Å². The Balaban J connectivity index is 1.56. The van der Waals surface area contributed by atoms with Crippen LogP contribution in [0.15, 0.2) is 0 Å². The molecule has 4 rings (SSSR count). The van der Waals surface area contributed by atoms with E-state index in [1.807, 2.05) is 0 Å². The van der Waals surface area contributed by atoms with E-state index >= 15 is 0 Å². The van der Waals surface area contributed by atoms with Gasteiger partial charge >= 0.3 is 0 Å². The maximum absolute atomic E-state index is 11.1. The molecule has 3 N–H and O–H groups in total. The Hall–Kier alpha value is -0.120. The summed E-state index contributed by atoms with van der Waals surface area (Å²) in [5, 5.41) is 30.5. The fourth-order valence-electron chi connectivity index (χ4n) is 8.87. The van der Waals surface area contributed by atoms with E-state index in [0.29, 0.717) is 29.8 Å². The van der Waals surface area contributed by atoms with Crippen LogP contribution in [0.5, 0.6) is 0 Å². The summed E-state index contributed by atoms with van der Waals surface area (Å²) in [6.45, 7) is 7.74. The molecule has 3 heteroatoms. The summed E-state index contributed by atoms with van der Waals surface area (Å²) in [4.78, 5) is 0. The largest absolute Gasteiger partial charge is 0.396 e. The fourth-order valence-corrected chi connectivity index (χ4v) is 8.87. The third-order valence-electron chi connectivity index (χ3n) is 10.2. The van der Waals surface area contributed by atoms with E-state index in [9.17, 15) is 15.3 Å². The number of aliphatic hydroxyl groups excluding tert-OH is 3. The lowest BCUT2D eigenvalue weighted by Crippen LogP contribution is -2.58. The van der Waals surface area contributed by atoms with Crippen LogP contribution in [-0.4, -0.2) is 34.1 Å². The third kappa shape index (κ3) is 3.11. The van der Waals surface area contributed by atoms with Crippen LogP contribution in [0.1, 0.15) is 85.0 Å². The van der Waals surface area contributed by atoms with Gasteiger partial charge in [-0.1, -0.05) is 20.8 Å². The van der Waals surface area contributed by atoms with Crippen molar-refractivity contribution in [2.45, 2.75) is 97.2 Å². The molecule has 0 aromatic carbocycles. The van der Waals surface area contributed by atoms with Gasteiger partial charge in [0.25, 0.3) is 0 Å². The van der Waals surface area contributed by atoms with Crippen LogP contribution >= 0.6 is 0 Å². The minimum atomic E-state index is -0.223. The molecule has 0 bridgehead atoms. The molecule has 0 radical (unpaired) electrons. The Bertz CT molecular complexity index is 536. The Kier molecular flexibility index (Phi) is 5.44. The standard InChI is InChI=1S/C24H42O3/c1-15(5-4-12-25)18-6-7-19-17-14-22(27)21-13-16(26)8-10-24(21,3)20(17)9-11-23(18,19)2/h15-22,25-27H,4-14H2,1-3H3/t15-,16?,17+,18-,19+,20+,21+,22+,23-,24-/m1/s1. The van der Waals surface area contributed by atoms with Gasteiger partial charge < -0.3 is 15.3 Å². The van der Waals surface area contributed by atoms with Crippen molar-refractivity contribution in [3.63, 3.8) is 0 Å². The number of aliphatic hydroxyl groups is 3. The van der Waals surface area contributed by atoms with E-state index in [0.717, 1.165) is 56.3 Å². The second-order valence-corrected chi connectivity index (χ2v) is 11.3. The maximum atomic E-state index is 11.1. The fraction of sp³-hybridized carbons (Fsp3) is 1.00. The van der Waals surface area contributed by atoms with Crippen molar-refractivity contribution in [2.75, 3.05) is 6.61 Å². The first-order valence-electron chi connectivity index (χ1n) is 11.8. The predicted molar refractivity (Wildman–Crippen MR) is 108 cm³/mol. The van der Waals surface area contributed by atoms with E-state index in [1.165, 1.54) is 25.7 Å². The molecule has 4 aliphatic carbocycles. The minimum absolute atomic E-state index is 0.202. The van der Waals surface area contributed by atoms with Crippen molar-refractivity contribution in [3.05, 3.63) is 0 Å². The van der Waals surface area contributed by atoms with Crippen LogP contribution in [0.25, 0.3) is 0 Å². The van der Waals surface area contributed by atoms with Gasteiger partial charge in [0.2, 0.25) is 0 Å². The molecular formula is C24H42O3. The Labute approximate surface area is 165 Å². The Morgan fingerprint density at radius 2 is 1.59 bits per heavy atom. The van der Waals surface area contributed by atoms with Gasteiger partial charge in [0.05, 0.1) is 12.2 Å². The summed E-state index contributed by atoms with van der Waals surface area (Å²) < 4.78 is 0. The molecule has 156 valence electrons. The molecular weight excluding hydrogens is 336 g/mol. The summed E-state index contributed by atoms with van der Waals surface area (Å²) in [5.41, 5.74) is 0.649. The van der Waals surface area contributed by atoms with Crippen molar-refractivity contribution < 1.29 is 15.3 Å². The average Bonchev–Trinajstić information content (AvgIpc) is 2.99. The first-order chi connectivity index (χ1) is 12.8. The zero-order valence-corrected chi connectivity index (χ0v) is 17.7. The van der Waals surface area contributed by atoms with Crippen LogP contribution in [0.2, 0.25) is 0 Å². The summed E-state index contributed by atoms with van der Waals surface area (Å²) in [5.74, 6) is 3.95. The molecule has 0 saturated heterocycles. The van der Waals surface area contributed by atoms with Crippen molar-refractivity contribution in [1.82, 2.24) is 0 Å². The van der Waals surface area contributed by atoms with Crippen molar-refractivity contribution in [1.29, 1.82) is 0 Å². The molecule has 0 heterocycles. The molecule has 10 atom stereocenters. The van der Waals surface area contributed by atoms with Crippen LogP contribution in [0.3, 0.4) is 0 Å². The van der Waals surface area contributed by atoms with Gasteiger partial charge in [-0.15, -0.1) is 0 Å². The molecule has 4 saturated carbocycles. The van der Waals surface area contributed by atoms with Gasteiger partial charge in [-0.25, -0.2) is 0 Å². The molecule has 0 spiro atoms. The molecule has 0 amide bonds. The summed E-state index contributed by atoms with van der Waals surface area (Å²) >= 11 is 0. The minimum Gasteiger partial charge on any atom is -0.396 e. The van der Waals surface area contributed by atoms with Crippen molar-refractivity contribution in [3.8, 4) is 0 Å². The smallest absolute Gasteiger partial charge is 0.0577 e. The zero-order chi connectivity index (χ0) is 19.4. The van der Waals surface area contributed by atoms with E-state index in [2.05, 4.69) is 20.8 Å². The van der Waals surface area contributed by atoms with E-state index in [4.69, 9.17) is 0 Å². The highest BCUT2D eigenvalue weighted by Crippen LogP contribution is 2.68. The summed E-state index contributed by atoms with van der Waals surface area (Å²) in [6, 6.07) is 0. The first kappa shape index (κ1) is 20.2. The van der Waals surface area contributed by atoms with Gasteiger partial charge in [-0.05, 0) is 111 Å². The highest BCUT2D eigenvalue weighted by molar-refractivity contribution is 5.11. The lowest BCUT2D eigenvalue weighted by molar-refractivity contribution is -0.172. The van der Waals surface area contributed by atoms with Gasteiger partial charge in [-0.2, -0.15) is 0 Å². The molecule has 0 aromatic heterocycles. The topological polar surface area (TPSA) is 60.7 Å². The van der Waals surface area contributed by atoms with Gasteiger partial charge in [0.1, 0.15) is 0 Å². The SMILES string of the molecule is C[C@H](CCCO)[C@H]1CC[C@H]2[C@@H]3C[C@H](O)[C@@H]4CC(O)CC[C@]4(C)[C@H]3CC[C@]12C. The predicted octanol–water partition coefficient (Wildman–Crippen LogP) is 4.39. The molecule has 0 aliphatic heterocycles. The van der Waals surface area contributed by atoms with Crippen LogP contribution < -0.4 is 0 Å². The number of hydrogen-bond acceptors (Lipinski definition) is 3. The van der Waals surface area contributed by atoms with Gasteiger partial charge in [-0.3, -0.25) is 0 Å². The highest BCUT2D eigenvalue weighted by Gasteiger charge is 2.62. The lowest BCUT2D eigenvalue weighted by Gasteiger charge is -2.62. The lowest BCUT2D eigenvalue weighted by atomic mass is 9.44. The van der Waals surface area contributed by atoms with E-state index < -0.39 is 0 Å². The monoisotopic (exact) mass is 378 g/mol. The maximum Gasteiger partial charge on any atom is 0.0577 e. The Morgan fingerprint density at radius 1 is 0.889 bits per heavy atom. The highest BCUT2D eigenvalue weighted by atomic mass is 16.3. The number of fused-ring (bicyclic) bond motifs is 5. The van der Waals surface area contributed by atoms with Crippen molar-refractivity contribution >= 4 is 0 Å². The summed E-state index contributed by atoms with van der Waals surface area (Å²) in [7, 11) is 0. The molecule has 0 aromatic rings. The average molecular weight is 379 g/mol. The van der Waals surface area contributed by atoms with E-state index in [1.54, 1.807) is 0 Å².